The Labute approximate surface area is 161 Å². The number of carbonyl (C=O) groups excluding carboxylic acids is 4. The van der Waals surface area contributed by atoms with Crippen LogP contribution in [0.2, 0.25) is 0 Å². The number of ether oxygens (including phenoxy) is 5. The van der Waals surface area contributed by atoms with Crippen molar-refractivity contribution in [2.24, 2.45) is 0 Å². The molecule has 2 rings (SSSR count). The van der Waals surface area contributed by atoms with Crippen molar-refractivity contribution in [3.05, 3.63) is 35.9 Å². The number of benzene rings is 1. The smallest absolute Gasteiger partial charge is 0.338 e. The third-order valence-electron chi connectivity index (χ3n) is 3.93. The van der Waals surface area contributed by atoms with Gasteiger partial charge in [-0.2, -0.15) is 0 Å². The van der Waals surface area contributed by atoms with Gasteiger partial charge in [0.05, 0.1) is 5.56 Å². The Hall–Kier alpha value is -2.94. The van der Waals surface area contributed by atoms with Gasteiger partial charge in [-0.05, 0) is 19.1 Å². The lowest BCUT2D eigenvalue weighted by Crippen LogP contribution is -2.48. The van der Waals surface area contributed by atoms with Crippen molar-refractivity contribution >= 4 is 23.9 Å². The van der Waals surface area contributed by atoms with Gasteiger partial charge in [0.2, 0.25) is 12.4 Å². The summed E-state index contributed by atoms with van der Waals surface area (Å²) in [6, 6.07) is 8.27. The van der Waals surface area contributed by atoms with Crippen LogP contribution in [0.25, 0.3) is 0 Å². The van der Waals surface area contributed by atoms with E-state index in [1.807, 2.05) is 0 Å². The highest BCUT2D eigenvalue weighted by molar-refractivity contribution is 5.89. The molecule has 28 heavy (non-hydrogen) atoms. The summed E-state index contributed by atoms with van der Waals surface area (Å²) < 4.78 is 26.5. The van der Waals surface area contributed by atoms with Crippen molar-refractivity contribution in [1.29, 1.82) is 0 Å². The second kappa shape index (κ2) is 8.83. The molecule has 1 saturated heterocycles. The standard InChI is InChI=1S/C19H22O9/c1-11(20)25-15-16(26-12(2)21)19(4,28-18(15)27-13(3)22)10-24-17(23)14-8-6-5-7-9-14/h5-9,15-16,18H,10H2,1-4H3/t15-,16+,18?,19-/m1/s1. The van der Waals surface area contributed by atoms with Gasteiger partial charge in [0.25, 0.3) is 0 Å². The van der Waals surface area contributed by atoms with E-state index >= 15 is 0 Å². The van der Waals surface area contributed by atoms with Crippen molar-refractivity contribution in [3.63, 3.8) is 0 Å². The molecule has 9 heteroatoms. The van der Waals surface area contributed by atoms with Crippen molar-refractivity contribution in [2.45, 2.75) is 51.8 Å². The van der Waals surface area contributed by atoms with E-state index in [2.05, 4.69) is 0 Å². The number of rotatable bonds is 6. The number of hydrogen-bond donors (Lipinski definition) is 0. The molecule has 0 N–H and O–H groups in total. The van der Waals surface area contributed by atoms with E-state index in [1.54, 1.807) is 30.3 Å². The molecule has 0 aromatic heterocycles. The van der Waals surface area contributed by atoms with Gasteiger partial charge in [0.15, 0.2) is 6.10 Å². The van der Waals surface area contributed by atoms with Gasteiger partial charge in [0.1, 0.15) is 12.2 Å². The zero-order valence-corrected chi connectivity index (χ0v) is 16.0. The molecule has 0 aliphatic carbocycles. The topological polar surface area (TPSA) is 114 Å². The van der Waals surface area contributed by atoms with Crippen LogP contribution in [-0.2, 0) is 38.1 Å². The Morgan fingerprint density at radius 1 is 0.929 bits per heavy atom. The highest BCUT2D eigenvalue weighted by atomic mass is 16.8. The van der Waals surface area contributed by atoms with Crippen molar-refractivity contribution in [3.8, 4) is 0 Å². The fraction of sp³-hybridized carbons (Fsp3) is 0.474. The minimum atomic E-state index is -1.42. The summed E-state index contributed by atoms with van der Waals surface area (Å²) in [7, 11) is 0. The summed E-state index contributed by atoms with van der Waals surface area (Å²) in [5.74, 6) is -2.66. The largest absolute Gasteiger partial charge is 0.459 e. The Kier molecular flexibility index (Phi) is 6.74. The third-order valence-corrected chi connectivity index (χ3v) is 3.93. The lowest BCUT2D eigenvalue weighted by molar-refractivity contribution is -0.206. The van der Waals surface area contributed by atoms with Gasteiger partial charge in [-0.15, -0.1) is 0 Å². The molecule has 9 nitrogen and oxygen atoms in total. The van der Waals surface area contributed by atoms with E-state index < -0.39 is 48.0 Å². The minimum absolute atomic E-state index is 0.321. The SMILES string of the molecule is CC(=O)OC1O[C@](C)(COC(=O)c2ccccc2)[C@@H](OC(C)=O)[C@H]1OC(C)=O. The fourth-order valence-electron chi connectivity index (χ4n) is 2.81. The summed E-state index contributed by atoms with van der Waals surface area (Å²) in [5.41, 5.74) is -1.10. The summed E-state index contributed by atoms with van der Waals surface area (Å²) in [6.45, 7) is 4.63. The number of esters is 4. The molecule has 1 aliphatic heterocycles. The van der Waals surface area contributed by atoms with Crippen LogP contribution in [0.3, 0.4) is 0 Å². The van der Waals surface area contributed by atoms with Gasteiger partial charge >= 0.3 is 23.9 Å². The van der Waals surface area contributed by atoms with Crippen LogP contribution in [0.4, 0.5) is 0 Å². The van der Waals surface area contributed by atoms with Gasteiger partial charge in [-0.3, -0.25) is 14.4 Å². The zero-order valence-electron chi connectivity index (χ0n) is 16.0. The lowest BCUT2D eigenvalue weighted by atomic mass is 9.98. The predicted octanol–water partition coefficient (Wildman–Crippen LogP) is 1.38. The first-order valence-corrected chi connectivity index (χ1v) is 8.54. The van der Waals surface area contributed by atoms with Crippen LogP contribution < -0.4 is 0 Å². The Bertz CT molecular complexity index is 745. The van der Waals surface area contributed by atoms with E-state index in [9.17, 15) is 19.2 Å². The summed E-state index contributed by atoms with van der Waals surface area (Å²) in [4.78, 5) is 46.7. The molecule has 1 aromatic carbocycles. The van der Waals surface area contributed by atoms with E-state index in [4.69, 9.17) is 23.7 Å². The van der Waals surface area contributed by atoms with Gasteiger partial charge in [-0.1, -0.05) is 18.2 Å². The number of carbonyl (C=O) groups is 4. The second-order valence-corrected chi connectivity index (χ2v) is 6.45. The molecule has 0 spiro atoms. The second-order valence-electron chi connectivity index (χ2n) is 6.45. The van der Waals surface area contributed by atoms with Gasteiger partial charge < -0.3 is 23.7 Å². The maximum atomic E-state index is 12.2. The molecular formula is C19H22O9. The van der Waals surface area contributed by atoms with E-state index in [0.29, 0.717) is 5.56 Å². The molecule has 1 unspecified atom stereocenters. The molecule has 4 atom stereocenters. The monoisotopic (exact) mass is 394 g/mol. The maximum absolute atomic E-state index is 12.2. The van der Waals surface area contributed by atoms with E-state index in [0.717, 1.165) is 13.8 Å². The molecule has 152 valence electrons. The molecule has 1 aliphatic rings. The maximum Gasteiger partial charge on any atom is 0.338 e. The molecule has 1 aromatic rings. The Balaban J connectivity index is 2.23. The van der Waals surface area contributed by atoms with E-state index in [-0.39, 0.29) is 6.61 Å². The van der Waals surface area contributed by atoms with Crippen molar-refractivity contribution in [1.82, 2.24) is 0 Å². The van der Waals surface area contributed by atoms with Gasteiger partial charge in [0, 0.05) is 20.8 Å². The average Bonchev–Trinajstić information content (AvgIpc) is 2.84. The summed E-state index contributed by atoms with van der Waals surface area (Å²) in [6.07, 6.45) is -3.71. The quantitative estimate of drug-likeness (QED) is 0.521. The molecule has 0 radical (unpaired) electrons. The molecule has 0 amide bonds. The van der Waals surface area contributed by atoms with Crippen LogP contribution in [0.5, 0.6) is 0 Å². The predicted molar refractivity (Wildman–Crippen MR) is 92.9 cm³/mol. The van der Waals surface area contributed by atoms with Crippen LogP contribution in [-0.4, -0.2) is 54.6 Å². The highest BCUT2D eigenvalue weighted by Crippen LogP contribution is 2.36. The van der Waals surface area contributed by atoms with Gasteiger partial charge in [-0.25, -0.2) is 4.79 Å². The Morgan fingerprint density at radius 3 is 2.04 bits per heavy atom. The van der Waals surface area contributed by atoms with Crippen molar-refractivity contribution in [2.75, 3.05) is 6.61 Å². The lowest BCUT2D eigenvalue weighted by Gasteiger charge is -2.29. The first-order valence-electron chi connectivity index (χ1n) is 8.54. The fourth-order valence-corrected chi connectivity index (χ4v) is 2.81. The molecular weight excluding hydrogens is 372 g/mol. The molecule has 1 heterocycles. The van der Waals surface area contributed by atoms with Crippen LogP contribution in [0.1, 0.15) is 38.1 Å². The van der Waals surface area contributed by atoms with Crippen LogP contribution in [0, 0.1) is 0 Å². The first-order chi connectivity index (χ1) is 13.1. The molecule has 0 saturated carbocycles. The normalized spacial score (nSPS) is 26.2. The zero-order chi connectivity index (χ0) is 20.9. The Morgan fingerprint density at radius 2 is 1.50 bits per heavy atom. The summed E-state index contributed by atoms with van der Waals surface area (Å²) >= 11 is 0. The molecule has 1 fully saturated rings. The van der Waals surface area contributed by atoms with E-state index in [1.165, 1.54) is 13.8 Å². The van der Waals surface area contributed by atoms with Crippen molar-refractivity contribution < 1.29 is 42.9 Å². The number of hydrogen-bond acceptors (Lipinski definition) is 9. The average molecular weight is 394 g/mol. The molecule has 0 bridgehead atoms. The summed E-state index contributed by atoms with van der Waals surface area (Å²) in [5, 5.41) is 0. The third kappa shape index (κ3) is 5.29. The first kappa shape index (κ1) is 21.4. The van der Waals surface area contributed by atoms with Crippen LogP contribution >= 0.6 is 0 Å². The van der Waals surface area contributed by atoms with Crippen LogP contribution in [0.15, 0.2) is 30.3 Å². The minimum Gasteiger partial charge on any atom is -0.459 e. The highest BCUT2D eigenvalue weighted by Gasteiger charge is 2.59.